The molecule has 2 aliphatic rings. The Balaban J connectivity index is 2.10. The molecule has 0 aromatic carbocycles. The molecule has 10 heavy (non-hydrogen) atoms. The van der Waals surface area contributed by atoms with Gasteiger partial charge in [0.15, 0.2) is 0 Å². The molecule has 0 aliphatic heterocycles. The molecule has 2 aliphatic carbocycles. The summed E-state index contributed by atoms with van der Waals surface area (Å²) in [6.45, 7) is 2.74. The molecule has 2 rings (SSSR count). The first-order valence-electron chi connectivity index (χ1n) is 4.43. The van der Waals surface area contributed by atoms with E-state index in [0.29, 0.717) is 12.5 Å². The topological polar surface area (TPSA) is 20.2 Å². The van der Waals surface area contributed by atoms with Gasteiger partial charge in [0.1, 0.15) is 0 Å². The van der Waals surface area contributed by atoms with Gasteiger partial charge in [0.25, 0.3) is 0 Å². The molecule has 0 aromatic rings. The summed E-state index contributed by atoms with van der Waals surface area (Å²) in [5, 5.41) is 9.06. The summed E-state index contributed by atoms with van der Waals surface area (Å²) in [7, 11) is 0. The summed E-state index contributed by atoms with van der Waals surface area (Å²) in [6, 6.07) is 0. The number of fused-ring (bicyclic) bond motifs is 2. The highest BCUT2D eigenvalue weighted by atomic mass is 16.3. The van der Waals surface area contributed by atoms with Crippen LogP contribution >= 0.6 is 0 Å². The molecule has 0 saturated heterocycles. The van der Waals surface area contributed by atoms with Crippen LogP contribution in [0.5, 0.6) is 0 Å². The van der Waals surface area contributed by atoms with E-state index in [1.165, 1.54) is 19.3 Å². The van der Waals surface area contributed by atoms with E-state index >= 15 is 0 Å². The molecule has 1 nitrogen and oxygen atoms in total. The summed E-state index contributed by atoms with van der Waals surface area (Å²) < 4.78 is 0. The van der Waals surface area contributed by atoms with Crippen molar-refractivity contribution in [3.8, 4) is 0 Å². The van der Waals surface area contributed by atoms with Crippen molar-refractivity contribution in [3.05, 3.63) is 0 Å². The Morgan fingerprint density at radius 3 is 2.40 bits per heavy atom. The van der Waals surface area contributed by atoms with Crippen molar-refractivity contribution in [3.63, 3.8) is 0 Å². The van der Waals surface area contributed by atoms with E-state index in [1.54, 1.807) is 0 Å². The minimum Gasteiger partial charge on any atom is -0.396 e. The lowest BCUT2D eigenvalue weighted by atomic mass is 9.81. The van der Waals surface area contributed by atoms with Crippen LogP contribution < -0.4 is 0 Å². The van der Waals surface area contributed by atoms with Gasteiger partial charge in [-0.1, -0.05) is 6.92 Å². The molecule has 1 heteroatoms. The monoisotopic (exact) mass is 140 g/mol. The molecule has 0 aromatic heterocycles. The molecule has 2 saturated carbocycles. The second kappa shape index (κ2) is 2.23. The maximum absolute atomic E-state index is 9.06. The van der Waals surface area contributed by atoms with Gasteiger partial charge >= 0.3 is 0 Å². The zero-order valence-electron chi connectivity index (χ0n) is 6.59. The Bertz CT molecular complexity index is 131. The highest BCUT2D eigenvalue weighted by Crippen LogP contribution is 2.51. The van der Waals surface area contributed by atoms with Crippen LogP contribution in [0, 0.1) is 23.7 Å². The number of rotatable bonds is 1. The summed E-state index contributed by atoms with van der Waals surface area (Å²) in [4.78, 5) is 0. The van der Waals surface area contributed by atoms with Crippen molar-refractivity contribution in [1.82, 2.24) is 0 Å². The lowest BCUT2D eigenvalue weighted by Gasteiger charge is -2.25. The van der Waals surface area contributed by atoms with Gasteiger partial charge in [-0.3, -0.25) is 0 Å². The normalized spacial score (nSPS) is 52.2. The number of hydrogen-bond acceptors (Lipinski definition) is 1. The molecule has 0 spiro atoms. The van der Waals surface area contributed by atoms with Gasteiger partial charge in [-0.25, -0.2) is 0 Å². The highest BCUT2D eigenvalue weighted by Gasteiger charge is 2.44. The van der Waals surface area contributed by atoms with Gasteiger partial charge in [0.05, 0.1) is 0 Å². The molecular formula is C9H16O. The van der Waals surface area contributed by atoms with E-state index in [-0.39, 0.29) is 0 Å². The minimum atomic E-state index is 0.433. The van der Waals surface area contributed by atoms with Gasteiger partial charge in [-0.15, -0.1) is 0 Å². The number of aliphatic hydroxyl groups is 1. The third-order valence-electron chi connectivity index (χ3n) is 3.75. The molecule has 0 unspecified atom stereocenters. The summed E-state index contributed by atoms with van der Waals surface area (Å²) in [5.74, 6) is 3.30. The Morgan fingerprint density at radius 2 is 2.00 bits per heavy atom. The van der Waals surface area contributed by atoms with E-state index in [4.69, 9.17) is 5.11 Å². The Labute approximate surface area is 62.4 Å². The van der Waals surface area contributed by atoms with Crippen molar-refractivity contribution in [2.24, 2.45) is 23.7 Å². The van der Waals surface area contributed by atoms with E-state index in [9.17, 15) is 0 Å². The van der Waals surface area contributed by atoms with Gasteiger partial charge in [0, 0.05) is 6.61 Å². The van der Waals surface area contributed by atoms with Crippen molar-refractivity contribution in [1.29, 1.82) is 0 Å². The average Bonchev–Trinajstić information content (AvgIpc) is 2.46. The van der Waals surface area contributed by atoms with Crippen LogP contribution in [0.2, 0.25) is 0 Å². The highest BCUT2D eigenvalue weighted by molar-refractivity contribution is 4.93. The van der Waals surface area contributed by atoms with Gasteiger partial charge in [-0.05, 0) is 42.9 Å². The SMILES string of the molecule is C[C@H]1[C@H]2CC[C@@H](C2)[C@H]1CO. The van der Waals surface area contributed by atoms with Crippen LogP contribution in [0.3, 0.4) is 0 Å². The van der Waals surface area contributed by atoms with E-state index < -0.39 is 0 Å². The first-order valence-corrected chi connectivity index (χ1v) is 4.43. The van der Waals surface area contributed by atoms with Gasteiger partial charge in [-0.2, -0.15) is 0 Å². The molecule has 4 atom stereocenters. The van der Waals surface area contributed by atoms with E-state index in [2.05, 4.69) is 6.92 Å². The Kier molecular flexibility index (Phi) is 1.48. The quantitative estimate of drug-likeness (QED) is 0.587. The van der Waals surface area contributed by atoms with Crippen LogP contribution in [-0.2, 0) is 0 Å². The van der Waals surface area contributed by atoms with Gasteiger partial charge < -0.3 is 5.11 Å². The second-order valence-corrected chi connectivity index (χ2v) is 4.04. The first-order chi connectivity index (χ1) is 4.83. The summed E-state index contributed by atoms with van der Waals surface area (Å²) >= 11 is 0. The fourth-order valence-corrected chi connectivity index (χ4v) is 3.01. The number of aliphatic hydroxyl groups excluding tert-OH is 1. The minimum absolute atomic E-state index is 0.433. The molecule has 58 valence electrons. The maximum Gasteiger partial charge on any atom is 0.0464 e. The zero-order chi connectivity index (χ0) is 7.14. The van der Waals surface area contributed by atoms with E-state index in [0.717, 1.165) is 17.8 Å². The van der Waals surface area contributed by atoms with Crippen molar-refractivity contribution < 1.29 is 5.11 Å². The molecule has 0 radical (unpaired) electrons. The predicted molar refractivity (Wildman–Crippen MR) is 40.6 cm³/mol. The standard InChI is InChI=1S/C9H16O/c1-6-7-2-3-8(4-7)9(6)5-10/h6-10H,2-5H2,1H3/t6-,7-,8-,9-/m0/s1. The van der Waals surface area contributed by atoms with Crippen LogP contribution in [0.15, 0.2) is 0 Å². The third kappa shape index (κ3) is 0.731. The van der Waals surface area contributed by atoms with Crippen LogP contribution in [0.1, 0.15) is 26.2 Å². The van der Waals surface area contributed by atoms with E-state index in [1.807, 2.05) is 0 Å². The molecule has 0 amide bonds. The molecular weight excluding hydrogens is 124 g/mol. The Hall–Kier alpha value is -0.0400. The molecule has 0 heterocycles. The van der Waals surface area contributed by atoms with Crippen LogP contribution in [0.4, 0.5) is 0 Å². The largest absolute Gasteiger partial charge is 0.396 e. The molecule has 2 bridgehead atoms. The first kappa shape index (κ1) is 6.66. The fourth-order valence-electron chi connectivity index (χ4n) is 3.01. The summed E-state index contributed by atoms with van der Waals surface area (Å²) in [6.07, 6.45) is 4.23. The van der Waals surface area contributed by atoms with Crippen molar-refractivity contribution in [2.75, 3.05) is 6.61 Å². The maximum atomic E-state index is 9.06. The van der Waals surface area contributed by atoms with Crippen LogP contribution in [-0.4, -0.2) is 11.7 Å². The van der Waals surface area contributed by atoms with Gasteiger partial charge in [0.2, 0.25) is 0 Å². The second-order valence-electron chi connectivity index (χ2n) is 4.04. The predicted octanol–water partition coefficient (Wildman–Crippen LogP) is 1.66. The lowest BCUT2D eigenvalue weighted by Crippen LogP contribution is -2.22. The smallest absolute Gasteiger partial charge is 0.0464 e. The summed E-state index contributed by atoms with van der Waals surface area (Å²) in [5.41, 5.74) is 0. The number of hydrogen-bond donors (Lipinski definition) is 1. The average molecular weight is 140 g/mol. The van der Waals surface area contributed by atoms with Crippen LogP contribution in [0.25, 0.3) is 0 Å². The molecule has 2 fully saturated rings. The van der Waals surface area contributed by atoms with Crippen molar-refractivity contribution >= 4 is 0 Å². The Morgan fingerprint density at radius 1 is 1.30 bits per heavy atom. The molecule has 1 N–H and O–H groups in total. The van der Waals surface area contributed by atoms with Crippen molar-refractivity contribution in [2.45, 2.75) is 26.2 Å². The fraction of sp³-hybridized carbons (Fsp3) is 1.00. The lowest BCUT2D eigenvalue weighted by molar-refractivity contribution is 0.134. The third-order valence-corrected chi connectivity index (χ3v) is 3.75. The zero-order valence-corrected chi connectivity index (χ0v) is 6.59.